The van der Waals surface area contributed by atoms with Crippen molar-refractivity contribution in [2.24, 2.45) is 16.8 Å². The van der Waals surface area contributed by atoms with Crippen molar-refractivity contribution < 1.29 is 4.79 Å². The van der Waals surface area contributed by atoms with E-state index in [0.717, 1.165) is 31.2 Å². The van der Waals surface area contributed by atoms with E-state index in [2.05, 4.69) is 36.3 Å². The Bertz CT molecular complexity index is 581. The first kappa shape index (κ1) is 21.7. The molecule has 2 N–H and O–H groups in total. The Hall–Kier alpha value is -1.31. The minimum atomic E-state index is -0.0635. The highest BCUT2D eigenvalue weighted by molar-refractivity contribution is 14.0. The molecule has 5 nitrogen and oxygen atoms in total. The van der Waals surface area contributed by atoms with Crippen molar-refractivity contribution in [3.05, 3.63) is 35.4 Å². The maximum absolute atomic E-state index is 11.8. The number of hydrogen-bond donors (Lipinski definition) is 2. The minimum Gasteiger partial charge on any atom is -0.357 e. The van der Waals surface area contributed by atoms with Gasteiger partial charge in [0.05, 0.1) is 6.54 Å². The second-order valence-corrected chi connectivity index (χ2v) is 6.80. The molecule has 1 aliphatic heterocycles. The molecule has 25 heavy (non-hydrogen) atoms. The van der Waals surface area contributed by atoms with Crippen LogP contribution in [0.3, 0.4) is 0 Å². The second kappa shape index (κ2) is 10.6. The van der Waals surface area contributed by atoms with E-state index in [0.29, 0.717) is 23.9 Å². The van der Waals surface area contributed by atoms with Crippen LogP contribution in [0.5, 0.6) is 0 Å². The van der Waals surface area contributed by atoms with Gasteiger partial charge in [-0.3, -0.25) is 4.79 Å². The summed E-state index contributed by atoms with van der Waals surface area (Å²) in [6.45, 7) is 10.2. The molecule has 1 fully saturated rings. The van der Waals surface area contributed by atoms with Crippen molar-refractivity contribution in [3.63, 3.8) is 0 Å². The number of nitrogens with zero attached hydrogens (tertiary/aromatic N) is 2. The van der Waals surface area contributed by atoms with E-state index in [1.165, 1.54) is 6.42 Å². The van der Waals surface area contributed by atoms with E-state index in [1.54, 1.807) is 7.05 Å². The highest BCUT2D eigenvalue weighted by Gasteiger charge is 2.23. The standard InChI is InChI=1S/C19H30N4O.HI/c1-5-21-19(23-12-14(2)9-15(3)13-23)22-11-16-7-6-8-17(10-16)18(24)20-4;/h6-8,10,14-15H,5,9,11-13H2,1-4H3,(H,20,24)(H,21,22);1H. The van der Waals surface area contributed by atoms with Crippen LogP contribution >= 0.6 is 24.0 Å². The summed E-state index contributed by atoms with van der Waals surface area (Å²) < 4.78 is 0. The van der Waals surface area contributed by atoms with Crippen molar-refractivity contribution in [1.82, 2.24) is 15.5 Å². The number of likely N-dealkylation sites (tertiary alicyclic amines) is 1. The monoisotopic (exact) mass is 458 g/mol. The van der Waals surface area contributed by atoms with Crippen LogP contribution in [0.2, 0.25) is 0 Å². The normalized spacial score (nSPS) is 20.6. The third-order valence-corrected chi connectivity index (χ3v) is 4.33. The fraction of sp³-hybridized carbons (Fsp3) is 0.579. The van der Waals surface area contributed by atoms with Gasteiger partial charge in [-0.1, -0.05) is 26.0 Å². The van der Waals surface area contributed by atoms with Gasteiger partial charge in [-0.2, -0.15) is 0 Å². The van der Waals surface area contributed by atoms with Gasteiger partial charge in [0.2, 0.25) is 0 Å². The Kier molecular flexibility index (Phi) is 9.24. The molecular formula is C19H31IN4O. The summed E-state index contributed by atoms with van der Waals surface area (Å²) in [4.78, 5) is 18.9. The van der Waals surface area contributed by atoms with Gasteiger partial charge in [-0.15, -0.1) is 24.0 Å². The summed E-state index contributed by atoms with van der Waals surface area (Å²) in [5.74, 6) is 2.29. The summed E-state index contributed by atoms with van der Waals surface area (Å²) in [6.07, 6.45) is 1.28. The van der Waals surface area contributed by atoms with Crippen LogP contribution in [0, 0.1) is 11.8 Å². The molecule has 6 heteroatoms. The maximum Gasteiger partial charge on any atom is 0.251 e. The molecule has 1 saturated heterocycles. The lowest BCUT2D eigenvalue weighted by molar-refractivity contribution is 0.0963. The molecule has 1 aliphatic rings. The number of piperidine rings is 1. The van der Waals surface area contributed by atoms with E-state index in [4.69, 9.17) is 4.99 Å². The molecule has 0 aliphatic carbocycles. The number of guanidine groups is 1. The van der Waals surface area contributed by atoms with Gasteiger partial charge < -0.3 is 15.5 Å². The Labute approximate surface area is 168 Å². The predicted molar refractivity (Wildman–Crippen MR) is 115 cm³/mol. The number of amides is 1. The van der Waals surface area contributed by atoms with Crippen molar-refractivity contribution in [2.75, 3.05) is 26.7 Å². The summed E-state index contributed by atoms with van der Waals surface area (Å²) in [5.41, 5.74) is 1.72. The number of aliphatic imine (C=N–C) groups is 1. The number of rotatable bonds is 4. The Morgan fingerprint density at radius 2 is 1.96 bits per heavy atom. The molecule has 2 rings (SSSR count). The van der Waals surface area contributed by atoms with E-state index in [9.17, 15) is 4.79 Å². The first-order valence-electron chi connectivity index (χ1n) is 8.87. The molecule has 0 aromatic heterocycles. The van der Waals surface area contributed by atoms with Gasteiger partial charge in [0, 0.05) is 32.2 Å². The maximum atomic E-state index is 11.8. The van der Waals surface area contributed by atoms with Crippen molar-refractivity contribution in [1.29, 1.82) is 0 Å². The lowest BCUT2D eigenvalue weighted by Crippen LogP contribution is -2.48. The van der Waals surface area contributed by atoms with Gasteiger partial charge in [-0.05, 0) is 42.9 Å². The summed E-state index contributed by atoms with van der Waals surface area (Å²) in [5, 5.41) is 6.07. The van der Waals surface area contributed by atoms with Crippen molar-refractivity contribution in [3.8, 4) is 0 Å². The smallest absolute Gasteiger partial charge is 0.251 e. The zero-order valence-corrected chi connectivity index (χ0v) is 18.0. The van der Waals surface area contributed by atoms with E-state index >= 15 is 0 Å². The quantitative estimate of drug-likeness (QED) is 0.414. The number of carbonyl (C=O) groups excluding carboxylic acids is 1. The molecule has 2 atom stereocenters. The lowest BCUT2D eigenvalue weighted by Gasteiger charge is -2.37. The van der Waals surface area contributed by atoms with Gasteiger partial charge in [-0.25, -0.2) is 4.99 Å². The topological polar surface area (TPSA) is 56.7 Å². The Morgan fingerprint density at radius 1 is 1.28 bits per heavy atom. The fourth-order valence-electron chi connectivity index (χ4n) is 3.38. The molecule has 0 radical (unpaired) electrons. The number of hydrogen-bond acceptors (Lipinski definition) is 2. The zero-order chi connectivity index (χ0) is 17.5. The number of halogens is 1. The second-order valence-electron chi connectivity index (χ2n) is 6.80. The van der Waals surface area contributed by atoms with Gasteiger partial charge in [0.15, 0.2) is 5.96 Å². The molecular weight excluding hydrogens is 427 g/mol. The van der Waals surface area contributed by atoms with Crippen LogP contribution < -0.4 is 10.6 Å². The summed E-state index contributed by atoms with van der Waals surface area (Å²) in [7, 11) is 1.65. The molecule has 1 amide bonds. The zero-order valence-electron chi connectivity index (χ0n) is 15.7. The van der Waals surface area contributed by atoms with Gasteiger partial charge in [0.1, 0.15) is 0 Å². The first-order chi connectivity index (χ1) is 11.5. The molecule has 0 saturated carbocycles. The fourth-order valence-corrected chi connectivity index (χ4v) is 3.38. The molecule has 140 valence electrons. The largest absolute Gasteiger partial charge is 0.357 e. The van der Waals surface area contributed by atoms with Crippen molar-refractivity contribution >= 4 is 35.8 Å². The van der Waals surface area contributed by atoms with Crippen LogP contribution in [-0.2, 0) is 6.54 Å². The van der Waals surface area contributed by atoms with E-state index < -0.39 is 0 Å². The molecule has 2 unspecified atom stereocenters. The van der Waals surface area contributed by atoms with Gasteiger partial charge >= 0.3 is 0 Å². The van der Waals surface area contributed by atoms with E-state index in [-0.39, 0.29) is 29.9 Å². The SMILES string of the molecule is CCNC(=NCc1cccc(C(=O)NC)c1)N1CC(C)CC(C)C1.I. The molecule has 0 spiro atoms. The van der Waals surface area contributed by atoms with Crippen LogP contribution in [0.4, 0.5) is 0 Å². The average molecular weight is 458 g/mol. The van der Waals surface area contributed by atoms with Crippen LogP contribution in [0.25, 0.3) is 0 Å². The third-order valence-electron chi connectivity index (χ3n) is 4.33. The predicted octanol–water partition coefficient (Wildman–Crippen LogP) is 3.11. The van der Waals surface area contributed by atoms with Crippen LogP contribution in [0.15, 0.2) is 29.3 Å². The molecule has 1 heterocycles. The number of benzene rings is 1. The van der Waals surface area contributed by atoms with Crippen LogP contribution in [-0.4, -0.2) is 43.4 Å². The summed E-state index contributed by atoms with van der Waals surface area (Å²) >= 11 is 0. The Balaban J connectivity index is 0.00000312. The highest BCUT2D eigenvalue weighted by atomic mass is 127. The number of nitrogens with one attached hydrogen (secondary N) is 2. The molecule has 1 aromatic carbocycles. The minimum absolute atomic E-state index is 0. The molecule has 0 bridgehead atoms. The average Bonchev–Trinajstić information content (AvgIpc) is 2.57. The summed E-state index contributed by atoms with van der Waals surface area (Å²) in [6, 6.07) is 7.66. The van der Waals surface area contributed by atoms with Crippen LogP contribution in [0.1, 0.15) is 43.1 Å². The number of carbonyl (C=O) groups is 1. The Morgan fingerprint density at radius 3 is 2.56 bits per heavy atom. The molecule has 1 aromatic rings. The third kappa shape index (κ3) is 6.49. The lowest BCUT2D eigenvalue weighted by atomic mass is 9.92. The van der Waals surface area contributed by atoms with Gasteiger partial charge in [0.25, 0.3) is 5.91 Å². The first-order valence-corrected chi connectivity index (χ1v) is 8.87. The highest BCUT2D eigenvalue weighted by Crippen LogP contribution is 2.21. The van der Waals surface area contributed by atoms with Crippen molar-refractivity contribution in [2.45, 2.75) is 33.7 Å². The van der Waals surface area contributed by atoms with E-state index in [1.807, 2.05) is 24.3 Å².